The Kier molecular flexibility index (Phi) is 4.86. The van der Waals surface area contributed by atoms with Gasteiger partial charge in [0.2, 0.25) is 11.8 Å². The molecule has 2 amide bonds. The SMILES string of the molecule is CN(C)C(=O)CNC(=O)Cc1csc(-c2ccsc2)n1. The Labute approximate surface area is 125 Å². The van der Waals surface area contributed by atoms with E-state index in [1.807, 2.05) is 22.2 Å². The lowest BCUT2D eigenvalue weighted by Gasteiger charge is -2.10. The second-order valence-electron chi connectivity index (χ2n) is 4.40. The Balaban J connectivity index is 1.87. The second kappa shape index (κ2) is 6.62. The molecule has 2 aromatic rings. The summed E-state index contributed by atoms with van der Waals surface area (Å²) < 4.78 is 0. The Bertz CT molecular complexity index is 591. The fraction of sp³-hybridized carbons (Fsp3) is 0.308. The van der Waals surface area contributed by atoms with Gasteiger partial charge in [0, 0.05) is 30.4 Å². The van der Waals surface area contributed by atoms with Gasteiger partial charge in [-0.2, -0.15) is 11.3 Å². The van der Waals surface area contributed by atoms with Crippen LogP contribution >= 0.6 is 22.7 Å². The summed E-state index contributed by atoms with van der Waals surface area (Å²) in [7, 11) is 3.31. The van der Waals surface area contributed by atoms with Crippen molar-refractivity contribution in [3.8, 4) is 10.6 Å². The fourth-order valence-electron chi connectivity index (χ4n) is 1.47. The van der Waals surface area contributed by atoms with Crippen molar-refractivity contribution >= 4 is 34.5 Å². The summed E-state index contributed by atoms with van der Waals surface area (Å²) in [6, 6.07) is 2.00. The molecule has 106 valence electrons. The molecule has 0 aliphatic rings. The van der Waals surface area contributed by atoms with Crippen LogP contribution in [0.3, 0.4) is 0 Å². The first kappa shape index (κ1) is 14.7. The predicted octanol–water partition coefficient (Wildman–Crippen LogP) is 1.62. The highest BCUT2D eigenvalue weighted by Gasteiger charge is 2.11. The molecule has 2 rings (SSSR count). The average Bonchev–Trinajstić information content (AvgIpc) is 3.05. The molecule has 0 radical (unpaired) electrons. The summed E-state index contributed by atoms with van der Waals surface area (Å²) in [6.45, 7) is 0.0212. The van der Waals surface area contributed by atoms with E-state index in [1.165, 1.54) is 16.2 Å². The summed E-state index contributed by atoms with van der Waals surface area (Å²) in [4.78, 5) is 28.9. The van der Waals surface area contributed by atoms with Crippen LogP contribution in [0.5, 0.6) is 0 Å². The second-order valence-corrected chi connectivity index (χ2v) is 6.04. The summed E-state index contributed by atoms with van der Waals surface area (Å²) in [5.74, 6) is -0.321. The van der Waals surface area contributed by atoms with Gasteiger partial charge >= 0.3 is 0 Å². The number of carbonyl (C=O) groups is 2. The molecule has 0 unspecified atom stereocenters. The van der Waals surface area contributed by atoms with Gasteiger partial charge in [0.1, 0.15) is 5.01 Å². The third kappa shape index (κ3) is 3.88. The van der Waals surface area contributed by atoms with E-state index in [-0.39, 0.29) is 24.8 Å². The first-order chi connectivity index (χ1) is 9.56. The van der Waals surface area contributed by atoms with Gasteiger partial charge < -0.3 is 10.2 Å². The van der Waals surface area contributed by atoms with Crippen LogP contribution in [0, 0.1) is 0 Å². The number of likely N-dealkylation sites (N-methyl/N-ethyl adjacent to an activating group) is 1. The van der Waals surface area contributed by atoms with Gasteiger partial charge in [-0.1, -0.05) is 0 Å². The number of thiophene rings is 1. The highest BCUT2D eigenvalue weighted by atomic mass is 32.1. The maximum absolute atomic E-state index is 11.7. The van der Waals surface area contributed by atoms with Crippen molar-refractivity contribution in [2.45, 2.75) is 6.42 Å². The third-order valence-corrected chi connectivity index (χ3v) is 4.22. The summed E-state index contributed by atoms with van der Waals surface area (Å²) in [5.41, 5.74) is 1.81. The molecule has 5 nitrogen and oxygen atoms in total. The van der Waals surface area contributed by atoms with E-state index >= 15 is 0 Å². The highest BCUT2D eigenvalue weighted by Crippen LogP contribution is 2.25. The zero-order chi connectivity index (χ0) is 14.5. The largest absolute Gasteiger partial charge is 0.347 e. The molecule has 0 spiro atoms. The number of nitrogens with one attached hydrogen (secondary N) is 1. The standard InChI is InChI=1S/C13H15N3O2S2/c1-16(2)12(18)6-14-11(17)5-10-8-20-13(15-10)9-3-4-19-7-9/h3-4,7-8H,5-6H2,1-2H3,(H,14,17). The molecule has 0 saturated heterocycles. The van der Waals surface area contributed by atoms with E-state index in [0.29, 0.717) is 0 Å². The molecule has 0 aliphatic heterocycles. The number of amides is 2. The van der Waals surface area contributed by atoms with Crippen LogP contribution in [0.4, 0.5) is 0 Å². The summed E-state index contributed by atoms with van der Waals surface area (Å²) in [6.07, 6.45) is 0.196. The minimum atomic E-state index is -0.192. The van der Waals surface area contributed by atoms with Crippen molar-refractivity contribution in [3.63, 3.8) is 0 Å². The zero-order valence-corrected chi connectivity index (χ0v) is 12.9. The lowest BCUT2D eigenvalue weighted by Crippen LogP contribution is -2.36. The average molecular weight is 309 g/mol. The number of rotatable bonds is 5. The molecule has 20 heavy (non-hydrogen) atoms. The zero-order valence-electron chi connectivity index (χ0n) is 11.3. The molecule has 0 fully saturated rings. The van der Waals surface area contributed by atoms with Gasteiger partial charge in [0.15, 0.2) is 0 Å². The van der Waals surface area contributed by atoms with Crippen molar-refractivity contribution in [3.05, 3.63) is 27.9 Å². The Morgan fingerprint density at radius 2 is 2.15 bits per heavy atom. The van der Waals surface area contributed by atoms with Gasteiger partial charge in [-0.15, -0.1) is 11.3 Å². The first-order valence-corrected chi connectivity index (χ1v) is 7.82. The summed E-state index contributed by atoms with van der Waals surface area (Å²) >= 11 is 3.14. The molecule has 0 atom stereocenters. The highest BCUT2D eigenvalue weighted by molar-refractivity contribution is 7.14. The van der Waals surface area contributed by atoms with E-state index in [2.05, 4.69) is 10.3 Å². The van der Waals surface area contributed by atoms with Crippen LogP contribution in [-0.2, 0) is 16.0 Å². The van der Waals surface area contributed by atoms with Crippen LogP contribution in [-0.4, -0.2) is 42.3 Å². The first-order valence-electron chi connectivity index (χ1n) is 6.00. The maximum atomic E-state index is 11.7. The maximum Gasteiger partial charge on any atom is 0.241 e. The van der Waals surface area contributed by atoms with Crippen molar-refractivity contribution in [1.82, 2.24) is 15.2 Å². The number of carbonyl (C=O) groups excluding carboxylic acids is 2. The molecular formula is C13H15N3O2S2. The Hall–Kier alpha value is -1.73. The van der Waals surface area contributed by atoms with Crippen molar-refractivity contribution < 1.29 is 9.59 Å². The smallest absolute Gasteiger partial charge is 0.241 e. The van der Waals surface area contributed by atoms with Gasteiger partial charge in [-0.05, 0) is 11.4 Å². The van der Waals surface area contributed by atoms with E-state index < -0.39 is 0 Å². The predicted molar refractivity (Wildman–Crippen MR) is 80.8 cm³/mol. The summed E-state index contributed by atoms with van der Waals surface area (Å²) in [5, 5.41) is 9.41. The normalized spacial score (nSPS) is 10.3. The molecular weight excluding hydrogens is 294 g/mol. The van der Waals surface area contributed by atoms with Crippen LogP contribution in [0.25, 0.3) is 10.6 Å². The number of hydrogen-bond donors (Lipinski definition) is 1. The quantitative estimate of drug-likeness (QED) is 0.913. The fourth-order valence-corrected chi connectivity index (χ4v) is 3.00. The Morgan fingerprint density at radius 1 is 1.35 bits per heavy atom. The van der Waals surface area contributed by atoms with Gasteiger partial charge in [0.05, 0.1) is 18.7 Å². The van der Waals surface area contributed by atoms with Crippen LogP contribution in [0.1, 0.15) is 5.69 Å². The number of thiazole rings is 1. The van der Waals surface area contributed by atoms with Gasteiger partial charge in [-0.3, -0.25) is 9.59 Å². The number of nitrogens with zero attached hydrogens (tertiary/aromatic N) is 2. The molecule has 1 N–H and O–H groups in total. The van der Waals surface area contributed by atoms with Crippen LogP contribution in [0.2, 0.25) is 0 Å². The lowest BCUT2D eigenvalue weighted by molar-refractivity contribution is -0.130. The minimum Gasteiger partial charge on any atom is -0.347 e. The van der Waals surface area contributed by atoms with E-state index in [9.17, 15) is 9.59 Å². The number of hydrogen-bond acceptors (Lipinski definition) is 5. The minimum absolute atomic E-state index is 0.0212. The van der Waals surface area contributed by atoms with E-state index in [0.717, 1.165) is 16.3 Å². The molecule has 0 bridgehead atoms. The van der Waals surface area contributed by atoms with Crippen molar-refractivity contribution in [2.24, 2.45) is 0 Å². The van der Waals surface area contributed by atoms with Crippen LogP contribution in [0.15, 0.2) is 22.2 Å². The van der Waals surface area contributed by atoms with Crippen molar-refractivity contribution in [2.75, 3.05) is 20.6 Å². The van der Waals surface area contributed by atoms with Crippen molar-refractivity contribution in [1.29, 1.82) is 0 Å². The van der Waals surface area contributed by atoms with Crippen LogP contribution < -0.4 is 5.32 Å². The third-order valence-electron chi connectivity index (χ3n) is 2.60. The number of aromatic nitrogens is 1. The Morgan fingerprint density at radius 3 is 2.80 bits per heavy atom. The van der Waals surface area contributed by atoms with E-state index in [4.69, 9.17) is 0 Å². The molecule has 0 aromatic carbocycles. The lowest BCUT2D eigenvalue weighted by atomic mass is 10.3. The van der Waals surface area contributed by atoms with Gasteiger partial charge in [-0.25, -0.2) is 4.98 Å². The molecule has 0 aliphatic carbocycles. The molecule has 7 heteroatoms. The topological polar surface area (TPSA) is 62.3 Å². The monoisotopic (exact) mass is 309 g/mol. The van der Waals surface area contributed by atoms with E-state index in [1.54, 1.807) is 25.4 Å². The molecule has 2 aromatic heterocycles. The molecule has 2 heterocycles. The van der Waals surface area contributed by atoms with Gasteiger partial charge in [0.25, 0.3) is 0 Å². The molecule has 0 saturated carbocycles.